The topological polar surface area (TPSA) is 12.9 Å². The van der Waals surface area contributed by atoms with Gasteiger partial charge in [0.25, 0.3) is 0 Å². The number of nitrogens with zero attached hydrogens (tertiary/aromatic N) is 1. The summed E-state index contributed by atoms with van der Waals surface area (Å²) in [5.74, 6) is 0. The summed E-state index contributed by atoms with van der Waals surface area (Å²) in [6, 6.07) is 2.00. The molecule has 0 spiro atoms. The summed E-state index contributed by atoms with van der Waals surface area (Å²) in [6.45, 7) is 4.10. The van der Waals surface area contributed by atoms with Gasteiger partial charge in [0.15, 0.2) is 0 Å². The summed E-state index contributed by atoms with van der Waals surface area (Å²) in [6.07, 6.45) is 1.83. The van der Waals surface area contributed by atoms with Crippen molar-refractivity contribution in [3.63, 3.8) is 0 Å². The van der Waals surface area contributed by atoms with Gasteiger partial charge < -0.3 is 0 Å². The van der Waals surface area contributed by atoms with Crippen molar-refractivity contribution in [2.45, 2.75) is 13.8 Å². The van der Waals surface area contributed by atoms with Gasteiger partial charge >= 0.3 is 64.1 Å². The van der Waals surface area contributed by atoms with Gasteiger partial charge in [-0.1, -0.05) is 0 Å². The van der Waals surface area contributed by atoms with Gasteiger partial charge in [0.2, 0.25) is 0 Å². The summed E-state index contributed by atoms with van der Waals surface area (Å²) in [5, 5.41) is 0. The first-order valence-electron chi connectivity index (χ1n) is 2.83. The van der Waals surface area contributed by atoms with Gasteiger partial charge in [0.05, 0.1) is 0 Å². The molecule has 0 unspecified atom stereocenters. The molecular weight excluding hydrogens is 149 g/mol. The summed E-state index contributed by atoms with van der Waals surface area (Å²) in [5.41, 5.74) is 2.39. The van der Waals surface area contributed by atoms with E-state index < -0.39 is 0 Å². The van der Waals surface area contributed by atoms with E-state index in [0.717, 1.165) is 5.69 Å². The second-order valence-electron chi connectivity index (χ2n) is 2.04. The van der Waals surface area contributed by atoms with Crippen LogP contribution in [0.15, 0.2) is 12.3 Å². The Labute approximate surface area is 64.5 Å². The molecule has 0 aromatic carbocycles. The fraction of sp³-hybridized carbons (Fsp3) is 0.286. The van der Waals surface area contributed by atoms with Crippen LogP contribution >= 0.6 is 0 Å². The van der Waals surface area contributed by atoms with E-state index in [-0.39, 0.29) is 0 Å². The molecule has 0 aliphatic rings. The third-order valence-electron chi connectivity index (χ3n) is 1.43. The zero-order valence-corrected chi connectivity index (χ0v) is 6.95. The first-order valence-corrected chi connectivity index (χ1v) is 3.53. The maximum absolute atomic E-state index is 4.13. The third kappa shape index (κ3) is 1.35. The molecule has 1 aromatic heterocycles. The SMILES string of the molecule is Cc1ncc[c]([V])c1C. The van der Waals surface area contributed by atoms with Gasteiger partial charge in [-0.2, -0.15) is 0 Å². The number of aromatic nitrogens is 1. The van der Waals surface area contributed by atoms with E-state index in [0.29, 0.717) is 0 Å². The molecule has 0 fully saturated rings. The molecule has 1 nitrogen and oxygen atoms in total. The van der Waals surface area contributed by atoms with Crippen LogP contribution in [0.2, 0.25) is 0 Å². The van der Waals surface area contributed by atoms with Crippen LogP contribution < -0.4 is 4.28 Å². The Morgan fingerprint density at radius 2 is 2.11 bits per heavy atom. The van der Waals surface area contributed by atoms with E-state index in [1.165, 1.54) is 9.84 Å². The Kier molecular flexibility index (Phi) is 1.94. The quantitative estimate of drug-likeness (QED) is 0.544. The van der Waals surface area contributed by atoms with E-state index in [2.05, 4.69) is 29.3 Å². The maximum atomic E-state index is 4.13. The molecule has 0 saturated heterocycles. The normalized spacial score (nSPS) is 9.56. The molecule has 1 aromatic rings. The van der Waals surface area contributed by atoms with Crippen LogP contribution in [0, 0.1) is 13.8 Å². The van der Waals surface area contributed by atoms with Crippen molar-refractivity contribution in [1.29, 1.82) is 0 Å². The molecule has 1 heterocycles. The molecule has 0 atom stereocenters. The number of aryl methyl sites for hydroxylation is 1. The molecule has 0 saturated carbocycles. The van der Waals surface area contributed by atoms with Crippen molar-refractivity contribution in [2.24, 2.45) is 0 Å². The molecule has 0 aliphatic heterocycles. The van der Waals surface area contributed by atoms with Crippen LogP contribution in [0.25, 0.3) is 0 Å². The molecule has 0 radical (unpaired) electrons. The first kappa shape index (κ1) is 6.85. The first-order chi connectivity index (χ1) is 4.22. The fourth-order valence-corrected chi connectivity index (χ4v) is 0.984. The summed E-state index contributed by atoms with van der Waals surface area (Å²) < 4.78 is 1.26. The van der Waals surface area contributed by atoms with Gasteiger partial charge in [-0.15, -0.1) is 0 Å². The Balaban J connectivity index is 3.25. The average molecular weight is 157 g/mol. The van der Waals surface area contributed by atoms with E-state index in [1.807, 2.05) is 19.2 Å². The predicted molar refractivity (Wildman–Crippen MR) is 33.3 cm³/mol. The van der Waals surface area contributed by atoms with Crippen LogP contribution in [-0.2, 0) is 17.4 Å². The second-order valence-corrected chi connectivity index (χ2v) is 2.79. The van der Waals surface area contributed by atoms with Gasteiger partial charge in [0.1, 0.15) is 0 Å². The predicted octanol–water partition coefficient (Wildman–Crippen LogP) is 0.871. The van der Waals surface area contributed by atoms with Crippen LogP contribution in [-0.4, -0.2) is 4.98 Å². The van der Waals surface area contributed by atoms with Crippen molar-refractivity contribution in [3.05, 3.63) is 23.5 Å². The Morgan fingerprint density at radius 1 is 1.44 bits per heavy atom. The molecule has 1 rings (SSSR count). The zero-order chi connectivity index (χ0) is 6.85. The molecule has 0 aliphatic carbocycles. The van der Waals surface area contributed by atoms with Crippen molar-refractivity contribution in [3.8, 4) is 0 Å². The van der Waals surface area contributed by atoms with Crippen molar-refractivity contribution >= 4 is 4.28 Å². The van der Waals surface area contributed by atoms with Crippen LogP contribution in [0.5, 0.6) is 0 Å². The van der Waals surface area contributed by atoms with Gasteiger partial charge in [-0.25, -0.2) is 0 Å². The number of hydrogen-bond donors (Lipinski definition) is 0. The average Bonchev–Trinajstić information content (AvgIpc) is 1.83. The Bertz CT molecular complexity index is 200. The molecule has 0 bridgehead atoms. The standard InChI is InChI=1S/C7H8N.V/c1-6-4-3-5-8-7(6)2;/h3,5H,1-2H3;. The molecule has 0 N–H and O–H groups in total. The Morgan fingerprint density at radius 3 is 2.56 bits per heavy atom. The van der Waals surface area contributed by atoms with E-state index >= 15 is 0 Å². The molecular formula is C7H8NV. The van der Waals surface area contributed by atoms with Crippen molar-refractivity contribution in [2.75, 3.05) is 0 Å². The summed E-state index contributed by atoms with van der Waals surface area (Å²) in [7, 11) is 0. The van der Waals surface area contributed by atoms with Crippen molar-refractivity contribution < 1.29 is 17.4 Å². The molecule has 46 valence electrons. The van der Waals surface area contributed by atoms with Gasteiger partial charge in [-0.3, -0.25) is 0 Å². The Hall–Kier alpha value is -0.266. The van der Waals surface area contributed by atoms with Crippen LogP contribution in [0.4, 0.5) is 0 Å². The second kappa shape index (κ2) is 2.55. The summed E-state index contributed by atoms with van der Waals surface area (Å²) in [4.78, 5) is 4.13. The van der Waals surface area contributed by atoms with E-state index in [1.54, 1.807) is 0 Å². The summed E-state index contributed by atoms with van der Waals surface area (Å²) >= 11 is 2.54. The number of hydrogen-bond acceptors (Lipinski definition) is 1. The van der Waals surface area contributed by atoms with Crippen molar-refractivity contribution in [1.82, 2.24) is 4.98 Å². The molecule has 9 heavy (non-hydrogen) atoms. The van der Waals surface area contributed by atoms with Crippen LogP contribution in [0.1, 0.15) is 11.3 Å². The number of rotatable bonds is 0. The minimum atomic E-state index is 1.12. The van der Waals surface area contributed by atoms with E-state index in [4.69, 9.17) is 0 Å². The monoisotopic (exact) mass is 157 g/mol. The molecule has 2 heteroatoms. The van der Waals surface area contributed by atoms with Gasteiger partial charge in [-0.05, 0) is 0 Å². The minimum absolute atomic E-state index is 1.12. The van der Waals surface area contributed by atoms with Gasteiger partial charge in [0, 0.05) is 0 Å². The number of pyridine rings is 1. The fourth-order valence-electron chi connectivity index (χ4n) is 0.627. The zero-order valence-electron chi connectivity index (χ0n) is 5.55. The molecule has 0 amide bonds. The third-order valence-corrected chi connectivity index (χ3v) is 2.18. The van der Waals surface area contributed by atoms with E-state index in [9.17, 15) is 0 Å². The van der Waals surface area contributed by atoms with Crippen LogP contribution in [0.3, 0.4) is 0 Å².